The molecule has 2 aromatic rings. The summed E-state index contributed by atoms with van der Waals surface area (Å²) in [5, 5.41) is 13.8. The van der Waals surface area contributed by atoms with Crippen molar-refractivity contribution in [3.63, 3.8) is 0 Å². The van der Waals surface area contributed by atoms with Crippen LogP contribution in [0.3, 0.4) is 0 Å². The molecule has 1 aliphatic heterocycles. The molecule has 7 nitrogen and oxygen atoms in total. The van der Waals surface area contributed by atoms with Crippen LogP contribution >= 0.6 is 23.2 Å². The van der Waals surface area contributed by atoms with Crippen molar-refractivity contribution < 1.29 is 24.2 Å². The predicted molar refractivity (Wildman–Crippen MR) is 135 cm³/mol. The molecule has 188 valence electrons. The zero-order valence-electron chi connectivity index (χ0n) is 20.1. The maximum absolute atomic E-state index is 13.4. The number of amides is 2. The van der Waals surface area contributed by atoms with Gasteiger partial charge in [-0.1, -0.05) is 35.3 Å². The molecule has 1 saturated heterocycles. The number of rotatable bonds is 6. The van der Waals surface area contributed by atoms with Crippen LogP contribution in [0.1, 0.15) is 50.3 Å². The molecular formula is C26H30Cl2N2O5. The van der Waals surface area contributed by atoms with Crippen LogP contribution in [0.5, 0.6) is 5.75 Å². The van der Waals surface area contributed by atoms with Gasteiger partial charge in [0.05, 0.1) is 0 Å². The van der Waals surface area contributed by atoms with Crippen LogP contribution in [0.2, 0.25) is 10.0 Å². The van der Waals surface area contributed by atoms with Crippen molar-refractivity contribution in [1.29, 1.82) is 0 Å². The van der Waals surface area contributed by atoms with E-state index < -0.39 is 17.7 Å². The van der Waals surface area contributed by atoms with E-state index in [1.165, 1.54) is 6.07 Å². The molecule has 0 bridgehead atoms. The number of hydrogen-bond acceptors (Lipinski definition) is 5. The van der Waals surface area contributed by atoms with Crippen molar-refractivity contribution >= 4 is 41.0 Å². The predicted octanol–water partition coefficient (Wildman–Crippen LogP) is 4.92. The molecule has 1 fully saturated rings. The van der Waals surface area contributed by atoms with Gasteiger partial charge >= 0.3 is 6.09 Å². The number of phenols is 1. The number of likely N-dealkylation sites (tertiary alicyclic amines) is 1. The minimum Gasteiger partial charge on any atom is -0.508 e. The average molecular weight is 521 g/mol. The summed E-state index contributed by atoms with van der Waals surface area (Å²) in [4.78, 5) is 39.2. The topological polar surface area (TPSA) is 95.9 Å². The lowest BCUT2D eigenvalue weighted by Gasteiger charge is -2.31. The monoisotopic (exact) mass is 520 g/mol. The molecule has 1 atom stereocenters. The third kappa shape index (κ3) is 7.61. The number of alkyl carbamates (subject to hydrolysis) is 1. The summed E-state index contributed by atoms with van der Waals surface area (Å²) in [7, 11) is 0. The number of phenolic OH excluding ortho intramolecular Hbond substituents is 1. The van der Waals surface area contributed by atoms with Gasteiger partial charge in [-0.15, -0.1) is 0 Å². The molecule has 9 heteroatoms. The van der Waals surface area contributed by atoms with E-state index >= 15 is 0 Å². The quantitative estimate of drug-likeness (QED) is 0.563. The second-order valence-electron chi connectivity index (χ2n) is 9.60. The van der Waals surface area contributed by atoms with Crippen LogP contribution in [0.15, 0.2) is 36.4 Å². The van der Waals surface area contributed by atoms with Crippen LogP contribution in [-0.2, 0) is 27.2 Å². The normalized spacial score (nSPS) is 15.0. The van der Waals surface area contributed by atoms with Gasteiger partial charge in [-0.05, 0) is 61.7 Å². The van der Waals surface area contributed by atoms with Crippen molar-refractivity contribution in [2.45, 2.75) is 58.1 Å². The first-order valence-electron chi connectivity index (χ1n) is 11.5. The first-order valence-corrected chi connectivity index (χ1v) is 12.2. The van der Waals surface area contributed by atoms with E-state index in [0.717, 1.165) is 11.1 Å². The minimum atomic E-state index is -0.928. The number of benzene rings is 2. The molecule has 0 radical (unpaired) electrons. The Kier molecular flexibility index (Phi) is 8.67. The Bertz CT molecular complexity index is 1080. The Morgan fingerprint density at radius 2 is 1.71 bits per heavy atom. The molecule has 0 unspecified atom stereocenters. The molecule has 0 spiro atoms. The first-order chi connectivity index (χ1) is 16.4. The lowest BCUT2D eigenvalue weighted by molar-refractivity contribution is -0.136. The highest BCUT2D eigenvalue weighted by molar-refractivity contribution is 6.36. The molecule has 2 aromatic carbocycles. The Balaban J connectivity index is 1.90. The largest absolute Gasteiger partial charge is 0.508 e. The van der Waals surface area contributed by atoms with E-state index in [2.05, 4.69) is 5.32 Å². The fourth-order valence-electron chi connectivity index (χ4n) is 3.93. The molecule has 1 heterocycles. The van der Waals surface area contributed by atoms with Gasteiger partial charge in [-0.25, -0.2) is 4.79 Å². The molecule has 1 aliphatic rings. The molecule has 0 aromatic heterocycles. The third-order valence-electron chi connectivity index (χ3n) is 5.66. The number of piperidine rings is 1. The second-order valence-corrected chi connectivity index (χ2v) is 10.4. The SMILES string of the molecule is CC(C)(C)OC(=O)N[C@@H](Cc1ccc(O)cc1Cc1c(Cl)cccc1Cl)C(=O)N1CCC(=O)CC1. The molecule has 0 saturated carbocycles. The van der Waals surface area contributed by atoms with E-state index in [9.17, 15) is 19.5 Å². The van der Waals surface area contributed by atoms with Gasteiger partial charge in [-0.2, -0.15) is 0 Å². The maximum Gasteiger partial charge on any atom is 0.408 e. The second kappa shape index (κ2) is 11.3. The van der Waals surface area contributed by atoms with Crippen molar-refractivity contribution in [2.24, 2.45) is 0 Å². The zero-order chi connectivity index (χ0) is 25.8. The summed E-state index contributed by atoms with van der Waals surface area (Å²) < 4.78 is 5.39. The highest BCUT2D eigenvalue weighted by Gasteiger charge is 2.31. The molecule has 2 N–H and O–H groups in total. The van der Waals surface area contributed by atoms with Crippen molar-refractivity contribution in [3.8, 4) is 5.75 Å². The van der Waals surface area contributed by atoms with E-state index in [1.54, 1.807) is 56.0 Å². The number of carbonyl (C=O) groups excluding carboxylic acids is 3. The van der Waals surface area contributed by atoms with Crippen LogP contribution in [0.25, 0.3) is 0 Å². The molecule has 0 aliphatic carbocycles. The Hall–Kier alpha value is -2.77. The fraction of sp³-hybridized carbons (Fsp3) is 0.423. The van der Waals surface area contributed by atoms with E-state index in [1.807, 2.05) is 0 Å². The van der Waals surface area contributed by atoms with E-state index in [-0.39, 0.29) is 23.9 Å². The van der Waals surface area contributed by atoms with Gasteiger partial charge in [0.25, 0.3) is 0 Å². The number of ether oxygens (including phenoxy) is 1. The zero-order valence-corrected chi connectivity index (χ0v) is 21.6. The molecule has 3 rings (SSSR count). The lowest BCUT2D eigenvalue weighted by Crippen LogP contribution is -2.52. The summed E-state index contributed by atoms with van der Waals surface area (Å²) in [6.07, 6.45) is 0.354. The summed E-state index contributed by atoms with van der Waals surface area (Å²) in [6, 6.07) is 9.14. The molecule has 2 amide bonds. The number of ketones is 1. The van der Waals surface area contributed by atoms with Crippen LogP contribution < -0.4 is 5.32 Å². The van der Waals surface area contributed by atoms with Gasteiger partial charge in [0.1, 0.15) is 23.2 Å². The standard InChI is InChI=1S/C26H30Cl2N2O5/c1-26(2,3)35-25(34)29-23(24(33)30-11-9-18(31)10-12-30)15-16-7-8-19(32)13-17(16)14-20-21(27)5-4-6-22(20)28/h4-8,13,23,32H,9-12,14-15H2,1-3H3,(H,29,34)/t23-/m0/s1. The number of hydrogen-bond donors (Lipinski definition) is 2. The highest BCUT2D eigenvalue weighted by Crippen LogP contribution is 2.30. The smallest absolute Gasteiger partial charge is 0.408 e. The third-order valence-corrected chi connectivity index (χ3v) is 6.37. The summed E-state index contributed by atoms with van der Waals surface area (Å²) in [5.74, 6) is -0.120. The highest BCUT2D eigenvalue weighted by atomic mass is 35.5. The first kappa shape index (κ1) is 26.8. The van der Waals surface area contributed by atoms with E-state index in [4.69, 9.17) is 27.9 Å². The van der Waals surface area contributed by atoms with Gasteiger partial charge in [0.15, 0.2) is 0 Å². The van der Waals surface area contributed by atoms with Crippen molar-refractivity contribution in [3.05, 3.63) is 63.1 Å². The summed E-state index contributed by atoms with van der Waals surface area (Å²) in [6.45, 7) is 5.84. The minimum absolute atomic E-state index is 0.0597. The number of Topliss-reactive ketones (excluding diaryl/α,β-unsaturated/α-hetero) is 1. The Morgan fingerprint density at radius 3 is 2.31 bits per heavy atom. The van der Waals surface area contributed by atoms with Crippen molar-refractivity contribution in [1.82, 2.24) is 10.2 Å². The van der Waals surface area contributed by atoms with Crippen LogP contribution in [-0.4, -0.2) is 52.5 Å². The summed E-state index contributed by atoms with van der Waals surface area (Å²) in [5.41, 5.74) is 1.42. The Labute approximate surface area is 215 Å². The molecular weight excluding hydrogens is 491 g/mol. The van der Waals surface area contributed by atoms with E-state index in [0.29, 0.717) is 48.0 Å². The molecule has 35 heavy (non-hydrogen) atoms. The number of nitrogens with zero attached hydrogens (tertiary/aromatic N) is 1. The number of carbonyl (C=O) groups is 3. The maximum atomic E-state index is 13.4. The van der Waals surface area contributed by atoms with Crippen molar-refractivity contribution in [2.75, 3.05) is 13.1 Å². The number of aromatic hydroxyl groups is 1. The average Bonchev–Trinajstić information content (AvgIpc) is 2.76. The summed E-state index contributed by atoms with van der Waals surface area (Å²) >= 11 is 12.7. The number of halogens is 2. The van der Waals surface area contributed by atoms with Gasteiger partial charge in [0.2, 0.25) is 5.91 Å². The van der Waals surface area contributed by atoms with Gasteiger partial charge in [0, 0.05) is 48.8 Å². The van der Waals surface area contributed by atoms with Gasteiger partial charge in [-0.3, -0.25) is 9.59 Å². The Morgan fingerprint density at radius 1 is 1.09 bits per heavy atom. The van der Waals surface area contributed by atoms with Gasteiger partial charge < -0.3 is 20.1 Å². The lowest BCUT2D eigenvalue weighted by atomic mass is 9.94. The number of nitrogens with one attached hydrogen (secondary N) is 1. The van der Waals surface area contributed by atoms with Crippen LogP contribution in [0.4, 0.5) is 4.79 Å². The van der Waals surface area contributed by atoms with Crippen LogP contribution in [0, 0.1) is 0 Å². The fourth-order valence-corrected chi connectivity index (χ4v) is 4.47.